The number of nitrogens with zero attached hydrogens (tertiary/aromatic N) is 1. The average molecular weight is 335 g/mol. The summed E-state index contributed by atoms with van der Waals surface area (Å²) >= 11 is 0. The van der Waals surface area contributed by atoms with Crippen LogP contribution in [0.1, 0.15) is 17.5 Å². The monoisotopic (exact) mass is 335 g/mol. The smallest absolute Gasteiger partial charge is 0.248 e. The predicted molar refractivity (Wildman–Crippen MR) is 94.6 cm³/mol. The first-order chi connectivity index (χ1) is 12.1. The molecule has 0 aliphatic rings. The summed E-state index contributed by atoms with van der Waals surface area (Å²) in [5.41, 5.74) is 6.70. The van der Waals surface area contributed by atoms with Crippen molar-refractivity contribution in [2.75, 3.05) is 11.9 Å². The number of anilines is 1. The van der Waals surface area contributed by atoms with Gasteiger partial charge in [-0.15, -0.1) is 0 Å². The van der Waals surface area contributed by atoms with Gasteiger partial charge in [0.25, 0.3) is 0 Å². The fourth-order valence-electron chi connectivity index (χ4n) is 2.04. The molecule has 0 unspecified atom stereocenters. The second kappa shape index (κ2) is 8.89. The molecule has 126 valence electrons. The van der Waals surface area contributed by atoms with Crippen LogP contribution in [0, 0.1) is 11.3 Å². The zero-order valence-electron chi connectivity index (χ0n) is 13.4. The summed E-state index contributed by atoms with van der Waals surface area (Å²) in [6, 6.07) is 15.9. The fourth-order valence-corrected chi connectivity index (χ4v) is 2.04. The van der Waals surface area contributed by atoms with E-state index in [1.165, 1.54) is 6.08 Å². The number of hydrogen-bond donors (Lipinski definition) is 2. The van der Waals surface area contributed by atoms with Crippen LogP contribution in [0.5, 0.6) is 5.75 Å². The molecule has 25 heavy (non-hydrogen) atoms. The number of amides is 2. The Morgan fingerprint density at radius 3 is 2.64 bits per heavy atom. The molecular formula is C19H17N3O3. The van der Waals surface area contributed by atoms with Gasteiger partial charge in [-0.1, -0.05) is 30.3 Å². The summed E-state index contributed by atoms with van der Waals surface area (Å²) in [7, 11) is 0. The Morgan fingerprint density at radius 2 is 1.88 bits per heavy atom. The molecule has 6 heteroatoms. The molecule has 6 nitrogen and oxygen atoms in total. The van der Waals surface area contributed by atoms with E-state index in [1.54, 1.807) is 54.6 Å². The molecule has 0 bridgehead atoms. The van der Waals surface area contributed by atoms with Crippen LogP contribution in [0.15, 0.2) is 54.6 Å². The highest BCUT2D eigenvalue weighted by atomic mass is 16.5. The lowest BCUT2D eigenvalue weighted by atomic mass is 10.1. The number of primary amides is 1. The number of nitriles is 1. The van der Waals surface area contributed by atoms with E-state index in [2.05, 4.69) is 11.4 Å². The van der Waals surface area contributed by atoms with Crippen molar-refractivity contribution in [1.82, 2.24) is 0 Å². The molecule has 2 amide bonds. The maximum absolute atomic E-state index is 12.1. The van der Waals surface area contributed by atoms with Gasteiger partial charge in [-0.3, -0.25) is 9.59 Å². The van der Waals surface area contributed by atoms with Crippen LogP contribution >= 0.6 is 0 Å². The number of ether oxygens (including phenoxy) is 1. The van der Waals surface area contributed by atoms with E-state index in [-0.39, 0.29) is 18.9 Å². The number of benzene rings is 2. The normalized spacial score (nSPS) is 10.2. The summed E-state index contributed by atoms with van der Waals surface area (Å²) in [5.74, 6) is -0.373. The van der Waals surface area contributed by atoms with E-state index < -0.39 is 5.91 Å². The van der Waals surface area contributed by atoms with E-state index >= 15 is 0 Å². The third-order valence-electron chi connectivity index (χ3n) is 3.25. The summed E-state index contributed by atoms with van der Waals surface area (Å²) in [4.78, 5) is 22.9. The molecule has 0 saturated heterocycles. The quantitative estimate of drug-likeness (QED) is 0.758. The highest BCUT2D eigenvalue weighted by molar-refractivity contribution is 6.02. The van der Waals surface area contributed by atoms with Gasteiger partial charge in [-0.2, -0.15) is 5.26 Å². The van der Waals surface area contributed by atoms with Gasteiger partial charge in [0.2, 0.25) is 11.8 Å². The minimum Gasteiger partial charge on any atom is -0.491 e. The van der Waals surface area contributed by atoms with Crippen LogP contribution in [0.25, 0.3) is 6.08 Å². The van der Waals surface area contributed by atoms with Crippen LogP contribution in [-0.2, 0) is 9.59 Å². The van der Waals surface area contributed by atoms with Gasteiger partial charge >= 0.3 is 0 Å². The second-order valence-electron chi connectivity index (χ2n) is 5.08. The molecule has 0 fully saturated rings. The van der Waals surface area contributed by atoms with Crippen molar-refractivity contribution in [3.8, 4) is 11.8 Å². The number of nitrogens with one attached hydrogen (secondary N) is 1. The van der Waals surface area contributed by atoms with Crippen molar-refractivity contribution in [2.45, 2.75) is 6.42 Å². The van der Waals surface area contributed by atoms with Gasteiger partial charge in [-0.05, 0) is 29.8 Å². The SMILES string of the molecule is N#Cc1ccccc1/C=C/C(=O)Nc1ccccc1OCCC(N)=O. The molecule has 0 spiro atoms. The van der Waals surface area contributed by atoms with E-state index in [1.807, 2.05) is 0 Å². The van der Waals surface area contributed by atoms with Gasteiger partial charge in [0.15, 0.2) is 0 Å². The lowest BCUT2D eigenvalue weighted by Crippen LogP contribution is -2.15. The summed E-state index contributed by atoms with van der Waals surface area (Å²) in [5, 5.41) is 11.7. The molecule has 2 aromatic rings. The van der Waals surface area contributed by atoms with E-state index in [0.29, 0.717) is 22.6 Å². The molecular weight excluding hydrogens is 318 g/mol. The molecule has 2 aromatic carbocycles. The number of nitrogens with two attached hydrogens (primary N) is 1. The largest absolute Gasteiger partial charge is 0.491 e. The molecule has 0 aliphatic heterocycles. The van der Waals surface area contributed by atoms with Gasteiger partial charge in [0.1, 0.15) is 5.75 Å². The van der Waals surface area contributed by atoms with Crippen LogP contribution in [0.2, 0.25) is 0 Å². The van der Waals surface area contributed by atoms with Gasteiger partial charge < -0.3 is 15.8 Å². The Kier molecular flexibility index (Phi) is 6.32. The summed E-state index contributed by atoms with van der Waals surface area (Å²) < 4.78 is 5.47. The van der Waals surface area contributed by atoms with Crippen molar-refractivity contribution in [3.05, 3.63) is 65.7 Å². The average Bonchev–Trinajstić information content (AvgIpc) is 2.61. The molecule has 0 aliphatic carbocycles. The second-order valence-corrected chi connectivity index (χ2v) is 5.08. The molecule has 0 saturated carbocycles. The van der Waals surface area contributed by atoms with Crippen molar-refractivity contribution in [2.24, 2.45) is 5.73 Å². The van der Waals surface area contributed by atoms with E-state index in [4.69, 9.17) is 15.7 Å². The molecule has 2 rings (SSSR count). The third kappa shape index (κ3) is 5.52. The maximum atomic E-state index is 12.1. The van der Waals surface area contributed by atoms with Gasteiger partial charge in [0.05, 0.1) is 30.3 Å². The first kappa shape index (κ1) is 17.8. The Morgan fingerprint density at radius 1 is 1.16 bits per heavy atom. The minimum absolute atomic E-state index is 0.0904. The molecule has 0 radical (unpaired) electrons. The van der Waals surface area contributed by atoms with Crippen LogP contribution in [0.3, 0.4) is 0 Å². The number of carbonyl (C=O) groups is 2. The number of hydrogen-bond acceptors (Lipinski definition) is 4. The van der Waals surface area contributed by atoms with Gasteiger partial charge in [0, 0.05) is 6.08 Å². The molecule has 0 atom stereocenters. The number of para-hydroxylation sites is 2. The Labute approximate surface area is 145 Å². The Bertz CT molecular complexity index is 838. The maximum Gasteiger partial charge on any atom is 0.248 e. The lowest BCUT2D eigenvalue weighted by Gasteiger charge is -2.10. The molecule has 3 N–H and O–H groups in total. The first-order valence-electron chi connectivity index (χ1n) is 7.58. The Balaban J connectivity index is 2.04. The summed E-state index contributed by atoms with van der Waals surface area (Å²) in [6.45, 7) is 0.133. The zero-order valence-corrected chi connectivity index (χ0v) is 13.4. The van der Waals surface area contributed by atoms with Gasteiger partial charge in [-0.25, -0.2) is 0 Å². The van der Waals surface area contributed by atoms with Crippen molar-refractivity contribution < 1.29 is 14.3 Å². The fraction of sp³-hybridized carbons (Fsp3) is 0.105. The van der Waals surface area contributed by atoms with Crippen LogP contribution in [0.4, 0.5) is 5.69 Å². The predicted octanol–water partition coefficient (Wildman–Crippen LogP) is 2.46. The highest BCUT2D eigenvalue weighted by Gasteiger charge is 2.06. The highest BCUT2D eigenvalue weighted by Crippen LogP contribution is 2.24. The zero-order chi connectivity index (χ0) is 18.1. The topological polar surface area (TPSA) is 105 Å². The number of carbonyl (C=O) groups excluding carboxylic acids is 2. The minimum atomic E-state index is -0.458. The molecule has 0 aromatic heterocycles. The van der Waals surface area contributed by atoms with Crippen molar-refractivity contribution >= 4 is 23.6 Å². The Hall–Kier alpha value is -3.59. The van der Waals surface area contributed by atoms with Crippen molar-refractivity contribution in [3.63, 3.8) is 0 Å². The lowest BCUT2D eigenvalue weighted by molar-refractivity contribution is -0.118. The van der Waals surface area contributed by atoms with Crippen LogP contribution in [-0.4, -0.2) is 18.4 Å². The number of rotatable bonds is 7. The first-order valence-corrected chi connectivity index (χ1v) is 7.58. The van der Waals surface area contributed by atoms with E-state index in [0.717, 1.165) is 0 Å². The standard InChI is InChI=1S/C19H17N3O3/c20-13-15-6-2-1-5-14(15)9-10-19(24)22-16-7-3-4-8-17(16)25-12-11-18(21)23/h1-10H,11-12H2,(H2,21,23)(H,22,24)/b10-9+. The third-order valence-corrected chi connectivity index (χ3v) is 3.25. The van der Waals surface area contributed by atoms with Crippen molar-refractivity contribution in [1.29, 1.82) is 5.26 Å². The van der Waals surface area contributed by atoms with Crippen LogP contribution < -0.4 is 15.8 Å². The molecule has 0 heterocycles. The van der Waals surface area contributed by atoms with E-state index in [9.17, 15) is 9.59 Å². The summed E-state index contributed by atoms with van der Waals surface area (Å²) in [6.07, 6.45) is 3.01.